The lowest BCUT2D eigenvalue weighted by atomic mass is 10.2. The topological polar surface area (TPSA) is 47.6 Å². The Bertz CT molecular complexity index is 451. The lowest BCUT2D eigenvalue weighted by Gasteiger charge is -2.13. The lowest BCUT2D eigenvalue weighted by Crippen LogP contribution is -2.30. The smallest absolute Gasteiger partial charge is 0.233 e. The third-order valence-corrected chi connectivity index (χ3v) is 4.39. The van der Waals surface area contributed by atoms with Crippen LogP contribution in [0.5, 0.6) is 11.5 Å². The molecular weight excluding hydrogens is 286 g/mol. The summed E-state index contributed by atoms with van der Waals surface area (Å²) in [5, 5.41) is 2.94. The van der Waals surface area contributed by atoms with Crippen LogP contribution in [0.15, 0.2) is 18.2 Å². The molecule has 0 saturated heterocycles. The minimum absolute atomic E-state index is 0.0170. The summed E-state index contributed by atoms with van der Waals surface area (Å²) in [5.74, 6) is 2.47. The second kappa shape index (κ2) is 9.55. The van der Waals surface area contributed by atoms with E-state index in [1.807, 2.05) is 25.1 Å². The summed E-state index contributed by atoms with van der Waals surface area (Å²) >= 11 is 1.70. The van der Waals surface area contributed by atoms with Gasteiger partial charge in [0, 0.05) is 6.54 Å². The van der Waals surface area contributed by atoms with Crippen molar-refractivity contribution in [3.05, 3.63) is 23.8 Å². The van der Waals surface area contributed by atoms with E-state index in [0.29, 0.717) is 18.0 Å². The number of benzene rings is 1. The van der Waals surface area contributed by atoms with E-state index in [2.05, 4.69) is 12.2 Å². The maximum Gasteiger partial charge on any atom is 0.233 e. The molecule has 21 heavy (non-hydrogen) atoms. The molecule has 1 amide bonds. The summed E-state index contributed by atoms with van der Waals surface area (Å²) in [6.45, 7) is 4.60. The standard InChI is InChI=1S/C16H25NO3S/c1-5-6-9-21-12(2)16(18)17-11-13-7-8-14(19-3)15(10-13)20-4/h7-8,10,12H,5-6,9,11H2,1-4H3,(H,17,18). The fourth-order valence-corrected chi connectivity index (χ4v) is 2.85. The Labute approximate surface area is 131 Å². The zero-order chi connectivity index (χ0) is 15.7. The first-order valence-corrected chi connectivity index (χ1v) is 8.27. The number of methoxy groups -OCH3 is 2. The number of ether oxygens (including phenoxy) is 2. The average Bonchev–Trinajstić information content (AvgIpc) is 2.52. The normalized spacial score (nSPS) is 11.8. The summed E-state index contributed by atoms with van der Waals surface area (Å²) in [6.07, 6.45) is 2.31. The van der Waals surface area contributed by atoms with Crippen LogP contribution in [0.4, 0.5) is 0 Å². The zero-order valence-corrected chi connectivity index (χ0v) is 14.1. The largest absolute Gasteiger partial charge is 0.493 e. The molecule has 1 rings (SSSR count). The van der Waals surface area contributed by atoms with E-state index in [4.69, 9.17) is 9.47 Å². The molecule has 1 N–H and O–H groups in total. The molecule has 5 heteroatoms. The van der Waals surface area contributed by atoms with Crippen molar-refractivity contribution in [1.29, 1.82) is 0 Å². The fraction of sp³-hybridized carbons (Fsp3) is 0.562. The van der Waals surface area contributed by atoms with Gasteiger partial charge in [0.1, 0.15) is 0 Å². The maximum absolute atomic E-state index is 12.0. The number of hydrogen-bond acceptors (Lipinski definition) is 4. The predicted molar refractivity (Wildman–Crippen MR) is 88.2 cm³/mol. The van der Waals surface area contributed by atoms with Crippen LogP contribution in [0.2, 0.25) is 0 Å². The molecule has 0 heterocycles. The first-order chi connectivity index (χ1) is 10.1. The molecule has 1 aromatic rings. The highest BCUT2D eigenvalue weighted by molar-refractivity contribution is 8.00. The lowest BCUT2D eigenvalue weighted by molar-refractivity contribution is -0.120. The van der Waals surface area contributed by atoms with Gasteiger partial charge in [0.15, 0.2) is 11.5 Å². The van der Waals surface area contributed by atoms with Gasteiger partial charge in [0.2, 0.25) is 5.91 Å². The van der Waals surface area contributed by atoms with Gasteiger partial charge in [-0.1, -0.05) is 19.4 Å². The van der Waals surface area contributed by atoms with E-state index >= 15 is 0 Å². The van der Waals surface area contributed by atoms with E-state index in [0.717, 1.165) is 24.2 Å². The van der Waals surface area contributed by atoms with E-state index < -0.39 is 0 Å². The Balaban J connectivity index is 2.49. The molecule has 0 spiro atoms. The molecule has 118 valence electrons. The summed E-state index contributed by atoms with van der Waals surface area (Å²) in [5.41, 5.74) is 0.992. The Morgan fingerprint density at radius 2 is 2.00 bits per heavy atom. The average molecular weight is 311 g/mol. The summed E-state index contributed by atoms with van der Waals surface area (Å²) in [7, 11) is 3.21. The van der Waals surface area contributed by atoms with E-state index in [1.165, 1.54) is 0 Å². The van der Waals surface area contributed by atoms with Crippen LogP contribution in [0.25, 0.3) is 0 Å². The number of nitrogens with one attached hydrogen (secondary N) is 1. The van der Waals surface area contributed by atoms with Gasteiger partial charge in [-0.3, -0.25) is 4.79 Å². The van der Waals surface area contributed by atoms with Gasteiger partial charge in [-0.2, -0.15) is 0 Å². The summed E-state index contributed by atoms with van der Waals surface area (Å²) in [6, 6.07) is 5.66. The third-order valence-electron chi connectivity index (χ3n) is 3.15. The first-order valence-electron chi connectivity index (χ1n) is 7.22. The van der Waals surface area contributed by atoms with E-state index in [-0.39, 0.29) is 11.2 Å². The number of carbonyl (C=O) groups is 1. The number of hydrogen-bond donors (Lipinski definition) is 1. The van der Waals surface area contributed by atoms with Crippen molar-refractivity contribution in [3.8, 4) is 11.5 Å². The fourth-order valence-electron chi connectivity index (χ4n) is 1.80. The minimum Gasteiger partial charge on any atom is -0.493 e. The van der Waals surface area contributed by atoms with Gasteiger partial charge in [-0.15, -0.1) is 11.8 Å². The van der Waals surface area contributed by atoms with Gasteiger partial charge in [-0.05, 0) is 36.8 Å². The monoisotopic (exact) mass is 311 g/mol. The van der Waals surface area contributed by atoms with Crippen molar-refractivity contribution < 1.29 is 14.3 Å². The molecule has 0 aliphatic carbocycles. The number of amides is 1. The Morgan fingerprint density at radius 3 is 2.62 bits per heavy atom. The van der Waals surface area contributed by atoms with Crippen LogP contribution < -0.4 is 14.8 Å². The molecule has 1 atom stereocenters. The Hall–Kier alpha value is -1.36. The molecular formula is C16H25NO3S. The van der Waals surface area contributed by atoms with Crippen LogP contribution in [0.3, 0.4) is 0 Å². The third kappa shape index (κ3) is 5.87. The number of carbonyl (C=O) groups excluding carboxylic acids is 1. The van der Waals surface area contributed by atoms with Crippen LogP contribution in [0.1, 0.15) is 32.3 Å². The van der Waals surface area contributed by atoms with Gasteiger partial charge < -0.3 is 14.8 Å². The Kier molecular flexibility index (Phi) is 8.05. The minimum atomic E-state index is -0.0170. The highest BCUT2D eigenvalue weighted by Crippen LogP contribution is 2.27. The number of thioether (sulfide) groups is 1. The van der Waals surface area contributed by atoms with Gasteiger partial charge >= 0.3 is 0 Å². The molecule has 0 fully saturated rings. The van der Waals surface area contributed by atoms with Crippen molar-refractivity contribution in [1.82, 2.24) is 5.32 Å². The second-order valence-corrected chi connectivity index (χ2v) is 6.22. The van der Waals surface area contributed by atoms with E-state index in [9.17, 15) is 4.79 Å². The van der Waals surface area contributed by atoms with Crippen molar-refractivity contribution in [3.63, 3.8) is 0 Å². The molecule has 0 saturated carbocycles. The zero-order valence-electron chi connectivity index (χ0n) is 13.3. The molecule has 0 radical (unpaired) electrons. The SMILES string of the molecule is CCCCSC(C)C(=O)NCc1ccc(OC)c(OC)c1. The van der Waals surface area contributed by atoms with Crippen LogP contribution >= 0.6 is 11.8 Å². The molecule has 1 unspecified atom stereocenters. The van der Waals surface area contributed by atoms with Gasteiger partial charge in [0.25, 0.3) is 0 Å². The van der Waals surface area contributed by atoms with E-state index in [1.54, 1.807) is 26.0 Å². The van der Waals surface area contributed by atoms with Gasteiger partial charge in [-0.25, -0.2) is 0 Å². The predicted octanol–water partition coefficient (Wildman–Crippen LogP) is 3.24. The van der Waals surface area contributed by atoms with Gasteiger partial charge in [0.05, 0.1) is 19.5 Å². The van der Waals surface area contributed by atoms with Crippen molar-refractivity contribution >= 4 is 17.7 Å². The first kappa shape index (κ1) is 17.7. The van der Waals surface area contributed by atoms with Crippen LogP contribution in [0, 0.1) is 0 Å². The van der Waals surface area contributed by atoms with Crippen molar-refractivity contribution in [2.45, 2.75) is 38.5 Å². The van der Waals surface area contributed by atoms with Crippen LogP contribution in [-0.2, 0) is 11.3 Å². The molecule has 0 bridgehead atoms. The number of unbranched alkanes of at least 4 members (excludes halogenated alkanes) is 1. The highest BCUT2D eigenvalue weighted by atomic mass is 32.2. The second-order valence-electron chi connectivity index (χ2n) is 4.77. The molecule has 1 aromatic carbocycles. The van der Waals surface area contributed by atoms with Crippen LogP contribution in [-0.4, -0.2) is 31.1 Å². The Morgan fingerprint density at radius 1 is 1.29 bits per heavy atom. The quantitative estimate of drug-likeness (QED) is 0.711. The number of rotatable bonds is 9. The maximum atomic E-state index is 12.0. The van der Waals surface area contributed by atoms with Crippen molar-refractivity contribution in [2.75, 3.05) is 20.0 Å². The summed E-state index contributed by atoms with van der Waals surface area (Å²) < 4.78 is 10.4. The molecule has 4 nitrogen and oxygen atoms in total. The highest BCUT2D eigenvalue weighted by Gasteiger charge is 2.13. The summed E-state index contributed by atoms with van der Waals surface area (Å²) in [4.78, 5) is 12.0. The molecule has 0 aliphatic rings. The molecule has 0 aromatic heterocycles. The molecule has 0 aliphatic heterocycles. The van der Waals surface area contributed by atoms with Crippen molar-refractivity contribution in [2.24, 2.45) is 0 Å².